The number of ether oxygens (including phenoxy) is 2. The average Bonchev–Trinajstić information content (AvgIpc) is 1.89. The van der Waals surface area contributed by atoms with E-state index in [1.807, 2.05) is 0 Å². The number of hydrogen-bond acceptors (Lipinski definition) is 3. The van der Waals surface area contributed by atoms with Crippen molar-refractivity contribution in [3.05, 3.63) is 12.2 Å². The molecule has 0 aliphatic rings. The summed E-state index contributed by atoms with van der Waals surface area (Å²) in [5, 5.41) is 9.70. The van der Waals surface area contributed by atoms with Gasteiger partial charge in [0.15, 0.2) is 6.29 Å². The molecule has 0 spiro atoms. The fraction of sp³-hybridized carbons (Fsp3) is 0.750. The SMILES string of the molecule is C=C(C)C(C)(O)C(OC)OC. The molecule has 0 aromatic carbocycles. The van der Waals surface area contributed by atoms with Crippen molar-refractivity contribution in [2.75, 3.05) is 14.2 Å². The highest BCUT2D eigenvalue weighted by Gasteiger charge is 2.32. The third-order valence-corrected chi connectivity index (χ3v) is 1.75. The molecule has 0 rings (SSSR count). The zero-order valence-corrected chi connectivity index (χ0v) is 7.55. The number of hydrogen-bond donors (Lipinski definition) is 1. The smallest absolute Gasteiger partial charge is 0.189 e. The lowest BCUT2D eigenvalue weighted by atomic mass is 9.98. The Kier molecular flexibility index (Phi) is 3.72. The topological polar surface area (TPSA) is 38.7 Å². The van der Waals surface area contributed by atoms with Crippen LogP contribution in [0.25, 0.3) is 0 Å². The van der Waals surface area contributed by atoms with Crippen molar-refractivity contribution >= 4 is 0 Å². The van der Waals surface area contributed by atoms with Gasteiger partial charge in [-0.15, -0.1) is 0 Å². The second-order valence-corrected chi connectivity index (χ2v) is 2.73. The van der Waals surface area contributed by atoms with Gasteiger partial charge < -0.3 is 14.6 Å². The molecule has 0 aliphatic carbocycles. The van der Waals surface area contributed by atoms with Gasteiger partial charge in [-0.05, 0) is 19.4 Å². The highest BCUT2D eigenvalue weighted by Crippen LogP contribution is 2.20. The molecule has 66 valence electrons. The summed E-state index contributed by atoms with van der Waals surface area (Å²) >= 11 is 0. The summed E-state index contributed by atoms with van der Waals surface area (Å²) in [6.07, 6.45) is -0.653. The van der Waals surface area contributed by atoms with Crippen molar-refractivity contribution in [2.24, 2.45) is 0 Å². The predicted molar refractivity (Wildman–Crippen MR) is 43.2 cm³/mol. The van der Waals surface area contributed by atoms with Crippen LogP contribution in [0.1, 0.15) is 13.8 Å². The van der Waals surface area contributed by atoms with Crippen LogP contribution in [0.4, 0.5) is 0 Å². The van der Waals surface area contributed by atoms with Gasteiger partial charge >= 0.3 is 0 Å². The molecular formula is C8H16O3. The van der Waals surface area contributed by atoms with Gasteiger partial charge in [0.05, 0.1) is 0 Å². The van der Waals surface area contributed by atoms with Gasteiger partial charge in [-0.2, -0.15) is 0 Å². The maximum Gasteiger partial charge on any atom is 0.189 e. The van der Waals surface area contributed by atoms with Crippen molar-refractivity contribution < 1.29 is 14.6 Å². The third-order valence-electron chi connectivity index (χ3n) is 1.75. The van der Waals surface area contributed by atoms with Crippen LogP contribution in [0.15, 0.2) is 12.2 Å². The first-order valence-corrected chi connectivity index (χ1v) is 3.40. The van der Waals surface area contributed by atoms with Crippen LogP contribution in [0.5, 0.6) is 0 Å². The van der Waals surface area contributed by atoms with Crippen molar-refractivity contribution in [3.8, 4) is 0 Å². The Labute approximate surface area is 67.6 Å². The van der Waals surface area contributed by atoms with Gasteiger partial charge in [0.2, 0.25) is 0 Å². The zero-order valence-electron chi connectivity index (χ0n) is 7.55. The first-order valence-electron chi connectivity index (χ1n) is 3.40. The summed E-state index contributed by atoms with van der Waals surface area (Å²) in [5.74, 6) is 0. The summed E-state index contributed by atoms with van der Waals surface area (Å²) in [7, 11) is 2.96. The van der Waals surface area contributed by atoms with E-state index in [0.717, 1.165) is 0 Å². The molecule has 0 aromatic rings. The highest BCUT2D eigenvalue weighted by atomic mass is 16.7. The molecular weight excluding hydrogens is 144 g/mol. The van der Waals surface area contributed by atoms with E-state index in [2.05, 4.69) is 6.58 Å². The molecule has 0 amide bonds. The minimum Gasteiger partial charge on any atom is -0.380 e. The summed E-state index contributed by atoms with van der Waals surface area (Å²) in [4.78, 5) is 0. The number of aliphatic hydroxyl groups is 1. The van der Waals surface area contributed by atoms with Gasteiger partial charge in [0, 0.05) is 14.2 Å². The zero-order chi connectivity index (χ0) is 9.07. The summed E-state index contributed by atoms with van der Waals surface area (Å²) in [6.45, 7) is 6.97. The molecule has 1 unspecified atom stereocenters. The second kappa shape index (κ2) is 3.85. The summed E-state index contributed by atoms with van der Waals surface area (Å²) < 4.78 is 9.78. The summed E-state index contributed by atoms with van der Waals surface area (Å²) in [6, 6.07) is 0. The minimum absolute atomic E-state index is 0.617. The van der Waals surface area contributed by atoms with Crippen molar-refractivity contribution in [1.82, 2.24) is 0 Å². The van der Waals surface area contributed by atoms with Crippen molar-refractivity contribution in [3.63, 3.8) is 0 Å². The van der Waals surface area contributed by atoms with Crippen LogP contribution >= 0.6 is 0 Å². The van der Waals surface area contributed by atoms with E-state index in [-0.39, 0.29) is 0 Å². The molecule has 0 heterocycles. The standard InChI is InChI=1S/C8H16O3/c1-6(2)8(3,9)7(10-4)11-5/h7,9H,1H2,2-5H3. The molecule has 0 saturated carbocycles. The maximum atomic E-state index is 9.70. The molecule has 0 aromatic heterocycles. The molecule has 1 N–H and O–H groups in total. The molecule has 0 radical (unpaired) electrons. The monoisotopic (exact) mass is 160 g/mol. The van der Waals surface area contributed by atoms with Crippen LogP contribution in [0.3, 0.4) is 0 Å². The number of rotatable bonds is 4. The lowest BCUT2D eigenvalue weighted by Gasteiger charge is -2.30. The first kappa shape index (κ1) is 10.6. The molecule has 0 aliphatic heterocycles. The normalized spacial score (nSPS) is 16.5. The fourth-order valence-electron chi connectivity index (χ4n) is 0.756. The molecule has 0 bridgehead atoms. The van der Waals surface area contributed by atoms with Gasteiger partial charge in [-0.1, -0.05) is 6.58 Å². The minimum atomic E-state index is -1.12. The quantitative estimate of drug-likeness (QED) is 0.491. The molecule has 11 heavy (non-hydrogen) atoms. The highest BCUT2D eigenvalue weighted by molar-refractivity contribution is 5.08. The maximum absolute atomic E-state index is 9.70. The lowest BCUT2D eigenvalue weighted by molar-refractivity contribution is -0.193. The molecule has 3 nitrogen and oxygen atoms in total. The van der Waals surface area contributed by atoms with E-state index >= 15 is 0 Å². The van der Waals surface area contributed by atoms with Crippen LogP contribution in [0, 0.1) is 0 Å². The van der Waals surface area contributed by atoms with Crippen LogP contribution in [-0.4, -0.2) is 31.2 Å². The molecule has 0 saturated heterocycles. The number of methoxy groups -OCH3 is 2. The van der Waals surface area contributed by atoms with Gasteiger partial charge in [-0.3, -0.25) is 0 Å². The van der Waals surface area contributed by atoms with E-state index in [9.17, 15) is 5.11 Å². The van der Waals surface area contributed by atoms with Crippen LogP contribution in [0.2, 0.25) is 0 Å². The Morgan fingerprint density at radius 2 is 1.82 bits per heavy atom. The summed E-state index contributed by atoms with van der Waals surface area (Å²) in [5.41, 5.74) is -0.505. The predicted octanol–water partition coefficient (Wildman–Crippen LogP) is 0.932. The Morgan fingerprint density at radius 1 is 1.45 bits per heavy atom. The van der Waals surface area contributed by atoms with Crippen LogP contribution in [-0.2, 0) is 9.47 Å². The van der Waals surface area contributed by atoms with Gasteiger partial charge in [0.1, 0.15) is 5.60 Å². The Hall–Kier alpha value is -0.380. The molecule has 0 fully saturated rings. The van der Waals surface area contributed by atoms with Gasteiger partial charge in [0.25, 0.3) is 0 Å². The lowest BCUT2D eigenvalue weighted by Crippen LogP contribution is -2.42. The van der Waals surface area contributed by atoms with E-state index in [4.69, 9.17) is 9.47 Å². The molecule has 3 heteroatoms. The Bertz CT molecular complexity index is 136. The van der Waals surface area contributed by atoms with E-state index < -0.39 is 11.9 Å². The van der Waals surface area contributed by atoms with Crippen molar-refractivity contribution in [2.45, 2.75) is 25.7 Å². The van der Waals surface area contributed by atoms with E-state index in [1.165, 1.54) is 14.2 Å². The van der Waals surface area contributed by atoms with Gasteiger partial charge in [-0.25, -0.2) is 0 Å². The third kappa shape index (κ3) is 2.29. The average molecular weight is 160 g/mol. The first-order chi connectivity index (χ1) is 4.96. The Morgan fingerprint density at radius 3 is 1.91 bits per heavy atom. The largest absolute Gasteiger partial charge is 0.380 e. The fourth-order valence-corrected chi connectivity index (χ4v) is 0.756. The Balaban J connectivity index is 4.36. The van der Waals surface area contributed by atoms with Crippen molar-refractivity contribution in [1.29, 1.82) is 0 Å². The van der Waals surface area contributed by atoms with E-state index in [0.29, 0.717) is 5.57 Å². The molecule has 1 atom stereocenters. The second-order valence-electron chi connectivity index (χ2n) is 2.73. The van der Waals surface area contributed by atoms with E-state index in [1.54, 1.807) is 13.8 Å². The van der Waals surface area contributed by atoms with Crippen LogP contribution < -0.4 is 0 Å².